The summed E-state index contributed by atoms with van der Waals surface area (Å²) in [6.45, 7) is 5.46. The Balaban J connectivity index is 1.43. The smallest absolute Gasteiger partial charge is 0.262 e. The first-order valence-corrected chi connectivity index (χ1v) is 12.2. The first kappa shape index (κ1) is 22.9. The van der Waals surface area contributed by atoms with Crippen LogP contribution in [0.1, 0.15) is 26.3 Å². The van der Waals surface area contributed by atoms with Crippen LogP contribution < -0.4 is 4.90 Å². The molecule has 0 radical (unpaired) electrons. The van der Waals surface area contributed by atoms with Gasteiger partial charge in [0.15, 0.2) is 5.13 Å². The van der Waals surface area contributed by atoms with E-state index in [1.807, 2.05) is 19.1 Å². The molecule has 0 spiro atoms. The summed E-state index contributed by atoms with van der Waals surface area (Å²) in [5, 5.41) is 1.08. The number of rotatable bonds is 6. The number of benzene rings is 2. The van der Waals surface area contributed by atoms with E-state index in [1.165, 1.54) is 11.3 Å². The van der Waals surface area contributed by atoms with Gasteiger partial charge in [-0.15, -0.1) is 0 Å². The lowest BCUT2D eigenvalue weighted by molar-refractivity contribution is -0.119. The molecule has 34 heavy (non-hydrogen) atoms. The first-order valence-electron chi connectivity index (χ1n) is 11.1. The zero-order valence-corrected chi connectivity index (χ0v) is 20.2. The Bertz CT molecular complexity index is 1210. The highest BCUT2D eigenvalue weighted by Gasteiger charge is 2.37. The van der Waals surface area contributed by atoms with Crippen LogP contribution in [0, 0.1) is 6.92 Å². The van der Waals surface area contributed by atoms with Crippen molar-refractivity contribution in [2.45, 2.75) is 6.92 Å². The number of anilines is 1. The van der Waals surface area contributed by atoms with Gasteiger partial charge in [-0.05, 0) is 30.7 Å². The molecule has 8 nitrogen and oxygen atoms in total. The van der Waals surface area contributed by atoms with Gasteiger partial charge in [0.1, 0.15) is 6.54 Å². The molecule has 1 saturated heterocycles. The number of imide groups is 1. The maximum atomic E-state index is 13.5. The minimum absolute atomic E-state index is 0.322. The average Bonchev–Trinajstić information content (AvgIpc) is 3.40. The van der Waals surface area contributed by atoms with Crippen LogP contribution in [0.25, 0.3) is 10.2 Å². The molecule has 10 heteroatoms. The highest BCUT2D eigenvalue weighted by molar-refractivity contribution is 7.23. The maximum Gasteiger partial charge on any atom is 0.262 e. The molecule has 1 aromatic heterocycles. The predicted molar refractivity (Wildman–Crippen MR) is 131 cm³/mol. The number of carbonyl (C=O) groups is 3. The number of ether oxygens (including phenoxy) is 1. The lowest BCUT2D eigenvalue weighted by atomic mass is 10.1. The molecule has 2 aliphatic heterocycles. The van der Waals surface area contributed by atoms with Crippen molar-refractivity contribution in [1.82, 2.24) is 14.8 Å². The SMILES string of the molecule is Cc1ccc(Cl)c2sc(N(CCN3CCOCC3)C(=O)CN3C(=O)c4ccccc4C3=O)nc12. The second kappa shape index (κ2) is 9.42. The monoisotopic (exact) mass is 498 g/mol. The molecule has 0 N–H and O–H groups in total. The van der Waals surface area contributed by atoms with Gasteiger partial charge in [-0.2, -0.15) is 0 Å². The Morgan fingerprint density at radius 2 is 1.79 bits per heavy atom. The van der Waals surface area contributed by atoms with Crippen molar-refractivity contribution in [1.29, 1.82) is 0 Å². The summed E-state index contributed by atoms with van der Waals surface area (Å²) in [7, 11) is 0. The van der Waals surface area contributed by atoms with E-state index in [9.17, 15) is 14.4 Å². The summed E-state index contributed by atoms with van der Waals surface area (Å²) >= 11 is 7.74. The third-order valence-corrected chi connectivity index (χ3v) is 7.67. The third-order valence-electron chi connectivity index (χ3n) is 6.13. The van der Waals surface area contributed by atoms with Gasteiger partial charge >= 0.3 is 0 Å². The van der Waals surface area contributed by atoms with Gasteiger partial charge in [0.2, 0.25) is 5.91 Å². The van der Waals surface area contributed by atoms with Crippen molar-refractivity contribution in [2.24, 2.45) is 0 Å². The van der Waals surface area contributed by atoms with Crippen molar-refractivity contribution >= 4 is 56.0 Å². The number of nitrogens with zero attached hydrogens (tertiary/aromatic N) is 4. The maximum absolute atomic E-state index is 13.5. The van der Waals surface area contributed by atoms with Crippen LogP contribution >= 0.6 is 22.9 Å². The van der Waals surface area contributed by atoms with Crippen LogP contribution in [0.3, 0.4) is 0 Å². The van der Waals surface area contributed by atoms with Crippen LogP contribution in [0.2, 0.25) is 5.02 Å². The van der Waals surface area contributed by atoms with Gasteiger partial charge in [0, 0.05) is 26.2 Å². The highest BCUT2D eigenvalue weighted by atomic mass is 35.5. The van der Waals surface area contributed by atoms with E-state index >= 15 is 0 Å². The molecule has 0 bridgehead atoms. The Labute approximate surface area is 205 Å². The minimum Gasteiger partial charge on any atom is -0.379 e. The van der Waals surface area contributed by atoms with Gasteiger partial charge < -0.3 is 4.74 Å². The largest absolute Gasteiger partial charge is 0.379 e. The predicted octanol–water partition coefficient (Wildman–Crippen LogP) is 3.22. The molecule has 3 amide bonds. The second-order valence-corrected chi connectivity index (χ2v) is 9.66. The van der Waals surface area contributed by atoms with Crippen molar-refractivity contribution in [3.05, 3.63) is 58.1 Å². The van der Waals surface area contributed by atoms with Crippen molar-refractivity contribution in [3.8, 4) is 0 Å². The van der Waals surface area contributed by atoms with Gasteiger partial charge in [-0.3, -0.25) is 29.1 Å². The van der Waals surface area contributed by atoms with Crippen LogP contribution in [0.4, 0.5) is 5.13 Å². The fourth-order valence-electron chi connectivity index (χ4n) is 4.20. The zero-order valence-electron chi connectivity index (χ0n) is 18.6. The van der Waals surface area contributed by atoms with Crippen LogP contribution in [0.15, 0.2) is 36.4 Å². The fraction of sp³-hybridized carbons (Fsp3) is 0.333. The summed E-state index contributed by atoms with van der Waals surface area (Å²) in [4.78, 5) is 48.7. The summed E-state index contributed by atoms with van der Waals surface area (Å²) in [6.07, 6.45) is 0. The van der Waals surface area contributed by atoms with E-state index in [4.69, 9.17) is 21.3 Å². The normalized spacial score (nSPS) is 16.4. The molecule has 2 aliphatic rings. The number of thiazole rings is 1. The summed E-state index contributed by atoms with van der Waals surface area (Å²) in [5.74, 6) is -1.27. The summed E-state index contributed by atoms with van der Waals surface area (Å²) in [6, 6.07) is 10.3. The van der Waals surface area contributed by atoms with Crippen molar-refractivity contribution in [3.63, 3.8) is 0 Å². The molecular formula is C24H23ClN4O4S. The average molecular weight is 499 g/mol. The van der Waals surface area contributed by atoms with E-state index in [0.717, 1.165) is 33.8 Å². The van der Waals surface area contributed by atoms with Crippen molar-refractivity contribution < 1.29 is 19.1 Å². The number of aryl methyl sites for hydroxylation is 1. The number of carbonyl (C=O) groups excluding carboxylic acids is 3. The molecule has 0 saturated carbocycles. The lowest BCUT2D eigenvalue weighted by Gasteiger charge is -2.29. The van der Waals surface area contributed by atoms with Crippen LogP contribution in [0.5, 0.6) is 0 Å². The number of amides is 3. The van der Waals surface area contributed by atoms with E-state index in [-0.39, 0.29) is 12.5 Å². The molecule has 0 unspecified atom stereocenters. The Morgan fingerprint density at radius 3 is 2.44 bits per heavy atom. The summed E-state index contributed by atoms with van der Waals surface area (Å²) in [5.41, 5.74) is 2.35. The number of halogens is 1. The molecule has 3 aromatic rings. The molecule has 1 fully saturated rings. The molecule has 3 heterocycles. The lowest BCUT2D eigenvalue weighted by Crippen LogP contribution is -2.47. The van der Waals surface area contributed by atoms with Crippen LogP contribution in [-0.2, 0) is 9.53 Å². The number of hydrogen-bond acceptors (Lipinski definition) is 7. The second-order valence-electron chi connectivity index (χ2n) is 8.28. The van der Waals surface area contributed by atoms with E-state index in [0.29, 0.717) is 47.6 Å². The molecule has 2 aromatic carbocycles. The molecule has 176 valence electrons. The number of fused-ring (bicyclic) bond motifs is 2. The van der Waals surface area contributed by atoms with E-state index in [2.05, 4.69) is 4.90 Å². The van der Waals surface area contributed by atoms with Gasteiger partial charge in [0.05, 0.1) is 39.6 Å². The van der Waals surface area contributed by atoms with Gasteiger partial charge in [-0.25, -0.2) is 4.98 Å². The minimum atomic E-state index is -0.453. The highest BCUT2D eigenvalue weighted by Crippen LogP contribution is 2.36. The molecule has 5 rings (SSSR count). The molecular weight excluding hydrogens is 476 g/mol. The number of morpholine rings is 1. The van der Waals surface area contributed by atoms with Crippen LogP contribution in [-0.4, -0.2) is 78.4 Å². The van der Waals surface area contributed by atoms with Gasteiger partial charge in [0.25, 0.3) is 11.8 Å². The van der Waals surface area contributed by atoms with E-state index < -0.39 is 11.8 Å². The Morgan fingerprint density at radius 1 is 1.12 bits per heavy atom. The summed E-state index contributed by atoms with van der Waals surface area (Å²) < 4.78 is 6.23. The third kappa shape index (κ3) is 4.20. The first-order chi connectivity index (χ1) is 16.4. The zero-order chi connectivity index (χ0) is 23.8. The van der Waals surface area contributed by atoms with Crippen molar-refractivity contribution in [2.75, 3.05) is 50.8 Å². The van der Waals surface area contributed by atoms with Gasteiger partial charge in [-0.1, -0.05) is 41.1 Å². The number of aromatic nitrogens is 1. The number of hydrogen-bond donors (Lipinski definition) is 0. The molecule has 0 aliphatic carbocycles. The topological polar surface area (TPSA) is 83.0 Å². The quantitative estimate of drug-likeness (QED) is 0.485. The Hall–Kier alpha value is -2.85. The standard InChI is InChI=1S/C24H23ClN4O4S/c1-15-6-7-18(25)21-20(15)26-24(34-21)28(9-8-27-10-12-33-13-11-27)19(30)14-29-22(31)16-4-2-3-5-17(16)23(29)32/h2-7H,8-14H2,1H3. The van der Waals surface area contributed by atoms with E-state index in [1.54, 1.807) is 29.2 Å². The Kier molecular flexibility index (Phi) is 6.35. The fourth-order valence-corrected chi connectivity index (χ4v) is 5.56. The molecule has 0 atom stereocenters.